The summed E-state index contributed by atoms with van der Waals surface area (Å²) in [5.74, 6) is 2.76. The second-order valence-corrected chi connectivity index (χ2v) is 9.00. The Morgan fingerprint density at radius 3 is 1.56 bits per heavy atom. The van der Waals surface area contributed by atoms with Crippen molar-refractivity contribution in [3.63, 3.8) is 0 Å². The minimum atomic E-state index is -0.153. The molecule has 0 radical (unpaired) electrons. The van der Waals surface area contributed by atoms with Crippen LogP contribution in [0.25, 0.3) is 0 Å². The van der Waals surface area contributed by atoms with Gasteiger partial charge in [0.2, 0.25) is 11.8 Å². The molecule has 0 bridgehead atoms. The number of amides is 2. The number of benzene rings is 2. The monoisotopic (exact) mass is 498 g/mol. The van der Waals surface area contributed by atoms with E-state index in [2.05, 4.69) is 10.6 Å². The minimum Gasteiger partial charge on any atom is -0.497 e. The molecule has 3 rings (SSSR count). The molecule has 8 nitrogen and oxygen atoms in total. The summed E-state index contributed by atoms with van der Waals surface area (Å²) in [6.45, 7) is 0.996. The van der Waals surface area contributed by atoms with Crippen LogP contribution in [0.2, 0.25) is 0 Å². The summed E-state index contributed by atoms with van der Waals surface area (Å²) in [5.41, 5.74) is 1.96. The fourth-order valence-corrected chi connectivity index (χ4v) is 4.75. The zero-order valence-corrected chi connectivity index (χ0v) is 21.7. The third kappa shape index (κ3) is 7.29. The maximum atomic E-state index is 12.8. The maximum absolute atomic E-state index is 12.8. The van der Waals surface area contributed by atoms with E-state index in [9.17, 15) is 9.59 Å². The van der Waals surface area contributed by atoms with Crippen LogP contribution in [0.15, 0.2) is 36.4 Å². The molecule has 36 heavy (non-hydrogen) atoms. The first-order valence-electron chi connectivity index (χ1n) is 12.5. The van der Waals surface area contributed by atoms with Crippen LogP contribution >= 0.6 is 0 Å². The molecule has 196 valence electrons. The molecule has 0 aromatic heterocycles. The van der Waals surface area contributed by atoms with Gasteiger partial charge >= 0.3 is 0 Å². The fourth-order valence-electron chi connectivity index (χ4n) is 4.75. The number of methoxy groups -OCH3 is 4. The zero-order chi connectivity index (χ0) is 25.9. The van der Waals surface area contributed by atoms with Crippen LogP contribution in [0.3, 0.4) is 0 Å². The molecule has 2 N–H and O–H groups in total. The minimum absolute atomic E-state index is 0.00970. The molecule has 2 amide bonds. The Morgan fingerprint density at radius 1 is 0.722 bits per heavy atom. The first kappa shape index (κ1) is 27.2. The lowest BCUT2D eigenvalue weighted by Gasteiger charge is -2.27. The molecule has 2 atom stereocenters. The molecular weight excluding hydrogens is 460 g/mol. The molecule has 0 heterocycles. The highest BCUT2D eigenvalue weighted by Crippen LogP contribution is 2.30. The van der Waals surface area contributed by atoms with E-state index in [0.29, 0.717) is 32.4 Å². The van der Waals surface area contributed by atoms with E-state index in [1.807, 2.05) is 36.4 Å². The molecule has 1 aliphatic carbocycles. The van der Waals surface area contributed by atoms with E-state index in [1.54, 1.807) is 28.4 Å². The van der Waals surface area contributed by atoms with Gasteiger partial charge in [-0.2, -0.15) is 0 Å². The quantitative estimate of drug-likeness (QED) is 0.465. The average Bonchev–Trinajstić information content (AvgIpc) is 2.92. The van der Waals surface area contributed by atoms with Crippen LogP contribution in [-0.2, 0) is 22.4 Å². The second-order valence-electron chi connectivity index (χ2n) is 9.00. The Bertz CT molecular complexity index is 946. The third-order valence-corrected chi connectivity index (χ3v) is 6.78. The predicted molar refractivity (Wildman–Crippen MR) is 138 cm³/mol. The first-order valence-corrected chi connectivity index (χ1v) is 12.5. The molecule has 0 aliphatic heterocycles. The summed E-state index contributed by atoms with van der Waals surface area (Å²) >= 11 is 0. The van der Waals surface area contributed by atoms with E-state index in [0.717, 1.165) is 53.4 Å². The lowest BCUT2D eigenvalue weighted by Crippen LogP contribution is -2.39. The third-order valence-electron chi connectivity index (χ3n) is 6.78. The van der Waals surface area contributed by atoms with Gasteiger partial charge in [-0.25, -0.2) is 0 Å². The molecule has 0 spiro atoms. The summed E-state index contributed by atoms with van der Waals surface area (Å²) in [6, 6.07) is 11.3. The fraction of sp³-hybridized carbons (Fsp3) is 0.500. The van der Waals surface area contributed by atoms with E-state index >= 15 is 0 Å². The van der Waals surface area contributed by atoms with Gasteiger partial charge in [-0.3, -0.25) is 9.59 Å². The topological polar surface area (TPSA) is 95.1 Å². The molecule has 2 aromatic carbocycles. The lowest BCUT2D eigenvalue weighted by molar-refractivity contribution is -0.130. The lowest BCUT2D eigenvalue weighted by atomic mass is 9.80. The van der Waals surface area contributed by atoms with Gasteiger partial charge in [-0.15, -0.1) is 0 Å². The Balaban J connectivity index is 1.46. The van der Waals surface area contributed by atoms with E-state index < -0.39 is 0 Å². The van der Waals surface area contributed by atoms with Crippen molar-refractivity contribution >= 4 is 11.8 Å². The molecule has 1 aliphatic rings. The van der Waals surface area contributed by atoms with E-state index in [1.165, 1.54) is 0 Å². The van der Waals surface area contributed by atoms with Crippen molar-refractivity contribution in [3.05, 3.63) is 47.5 Å². The molecule has 1 fully saturated rings. The van der Waals surface area contributed by atoms with E-state index in [4.69, 9.17) is 18.9 Å². The number of nitrogens with one attached hydrogen (secondary N) is 2. The van der Waals surface area contributed by atoms with Crippen LogP contribution in [0, 0.1) is 11.8 Å². The van der Waals surface area contributed by atoms with Crippen molar-refractivity contribution in [2.24, 2.45) is 11.8 Å². The number of hydrogen-bond donors (Lipinski definition) is 2. The Kier molecular flexibility index (Phi) is 10.3. The van der Waals surface area contributed by atoms with Crippen LogP contribution in [0.4, 0.5) is 0 Å². The SMILES string of the molecule is COc1ccc(OC)c(CCNC(=O)C2CCCC(C(=O)NCCc3cc(OC)ccc3OC)C2)c1. The van der Waals surface area contributed by atoms with Crippen LogP contribution in [-0.4, -0.2) is 53.3 Å². The highest BCUT2D eigenvalue weighted by atomic mass is 16.5. The molecule has 8 heteroatoms. The van der Waals surface area contributed by atoms with Gasteiger partial charge in [0.05, 0.1) is 28.4 Å². The van der Waals surface area contributed by atoms with Gasteiger partial charge in [0.25, 0.3) is 0 Å². The van der Waals surface area contributed by atoms with Gasteiger partial charge in [0.1, 0.15) is 23.0 Å². The maximum Gasteiger partial charge on any atom is 0.223 e. The average molecular weight is 499 g/mol. The van der Waals surface area contributed by atoms with Crippen molar-refractivity contribution in [2.45, 2.75) is 38.5 Å². The van der Waals surface area contributed by atoms with Gasteiger partial charge in [-0.1, -0.05) is 6.42 Å². The number of ether oxygens (including phenoxy) is 4. The zero-order valence-electron chi connectivity index (χ0n) is 21.7. The van der Waals surface area contributed by atoms with Gasteiger partial charge in [0, 0.05) is 24.9 Å². The van der Waals surface area contributed by atoms with Gasteiger partial charge < -0.3 is 29.6 Å². The predicted octanol–water partition coefficient (Wildman–Crippen LogP) is 3.55. The number of carbonyl (C=O) groups excluding carboxylic acids is 2. The van der Waals surface area contributed by atoms with Gasteiger partial charge in [0.15, 0.2) is 0 Å². The summed E-state index contributed by atoms with van der Waals surface area (Å²) in [6.07, 6.45) is 4.32. The van der Waals surface area contributed by atoms with Crippen LogP contribution in [0.5, 0.6) is 23.0 Å². The van der Waals surface area contributed by atoms with Gasteiger partial charge in [-0.05, 0) is 79.6 Å². The summed E-state index contributed by atoms with van der Waals surface area (Å²) in [4.78, 5) is 25.7. The highest BCUT2D eigenvalue weighted by molar-refractivity contribution is 5.82. The van der Waals surface area contributed by atoms with Crippen molar-refractivity contribution in [2.75, 3.05) is 41.5 Å². The molecular formula is C28H38N2O6. The summed E-state index contributed by atoms with van der Waals surface area (Å²) < 4.78 is 21.4. The highest BCUT2D eigenvalue weighted by Gasteiger charge is 2.31. The standard InChI is InChI=1S/C28H38N2O6/c1-33-23-8-10-25(35-3)19(17-23)12-14-29-27(31)21-6-5-7-22(16-21)28(32)30-15-13-20-18-24(34-2)9-11-26(20)36-4/h8-11,17-18,21-22H,5-7,12-16H2,1-4H3,(H,29,31)(H,30,32). The Labute approximate surface area is 213 Å². The van der Waals surface area contributed by atoms with E-state index in [-0.39, 0.29) is 23.7 Å². The largest absolute Gasteiger partial charge is 0.497 e. The molecule has 1 saturated carbocycles. The van der Waals surface area contributed by atoms with Crippen molar-refractivity contribution in [1.29, 1.82) is 0 Å². The smallest absolute Gasteiger partial charge is 0.223 e. The Hall–Kier alpha value is -3.42. The van der Waals surface area contributed by atoms with Crippen LogP contribution in [0.1, 0.15) is 36.8 Å². The molecule has 2 unspecified atom stereocenters. The second kappa shape index (κ2) is 13.6. The molecule has 0 saturated heterocycles. The number of hydrogen-bond acceptors (Lipinski definition) is 6. The first-order chi connectivity index (χ1) is 17.5. The number of rotatable bonds is 12. The van der Waals surface area contributed by atoms with Crippen molar-refractivity contribution in [3.8, 4) is 23.0 Å². The summed E-state index contributed by atoms with van der Waals surface area (Å²) in [5, 5.41) is 6.09. The van der Waals surface area contributed by atoms with Crippen molar-refractivity contribution < 1.29 is 28.5 Å². The Morgan fingerprint density at radius 2 is 1.17 bits per heavy atom. The number of carbonyl (C=O) groups is 2. The summed E-state index contributed by atoms with van der Waals surface area (Å²) in [7, 11) is 6.51. The molecule has 2 aromatic rings. The normalized spacial score (nSPS) is 17.1. The van der Waals surface area contributed by atoms with Crippen LogP contribution < -0.4 is 29.6 Å². The van der Waals surface area contributed by atoms with Crippen molar-refractivity contribution in [1.82, 2.24) is 10.6 Å².